The maximum absolute atomic E-state index is 12.3. The van der Waals surface area contributed by atoms with Crippen molar-refractivity contribution in [2.24, 2.45) is 11.7 Å². The van der Waals surface area contributed by atoms with Crippen molar-refractivity contribution in [2.45, 2.75) is 44.6 Å². The number of carbonyl (C=O) groups excluding carboxylic acids is 2. The van der Waals surface area contributed by atoms with Gasteiger partial charge in [0.25, 0.3) is 0 Å². The Labute approximate surface area is 138 Å². The Bertz CT molecular complexity index is 512. The molecule has 3 N–H and O–H groups in total. The van der Waals surface area contributed by atoms with Crippen LogP contribution in [-0.2, 0) is 9.59 Å². The van der Waals surface area contributed by atoms with Gasteiger partial charge in [0.15, 0.2) is 0 Å². The molecule has 0 radical (unpaired) electrons. The van der Waals surface area contributed by atoms with E-state index in [1.165, 1.54) is 37.0 Å². The normalized spacial score (nSPS) is 16.6. The van der Waals surface area contributed by atoms with Gasteiger partial charge in [-0.1, -0.05) is 50.3 Å². The average Bonchev–Trinajstić information content (AvgIpc) is 2.55. The summed E-state index contributed by atoms with van der Waals surface area (Å²) in [5, 5.41) is 2.77. The number of nitrogens with two attached hydrogens (primary N) is 1. The van der Waals surface area contributed by atoms with E-state index >= 15 is 0 Å². The van der Waals surface area contributed by atoms with Gasteiger partial charge in [0, 0.05) is 12.7 Å². The van der Waals surface area contributed by atoms with E-state index in [4.69, 9.17) is 5.73 Å². The van der Waals surface area contributed by atoms with Gasteiger partial charge in [-0.2, -0.15) is 0 Å². The lowest BCUT2D eigenvalue weighted by Crippen LogP contribution is -2.45. The van der Waals surface area contributed by atoms with Crippen molar-refractivity contribution in [3.63, 3.8) is 0 Å². The third-order valence-electron chi connectivity index (χ3n) is 4.44. The molecule has 5 heteroatoms. The van der Waals surface area contributed by atoms with E-state index in [1.807, 2.05) is 30.3 Å². The molecule has 2 amide bonds. The largest absolute Gasteiger partial charge is 0.335 e. The molecule has 1 aromatic rings. The van der Waals surface area contributed by atoms with Crippen LogP contribution in [0.3, 0.4) is 0 Å². The van der Waals surface area contributed by atoms with E-state index in [9.17, 15) is 9.59 Å². The second kappa shape index (κ2) is 8.67. The molecule has 1 aliphatic rings. The zero-order chi connectivity index (χ0) is 16.7. The van der Waals surface area contributed by atoms with Crippen LogP contribution in [0.5, 0.6) is 0 Å². The van der Waals surface area contributed by atoms with Gasteiger partial charge in [-0.25, -0.2) is 0 Å². The highest BCUT2D eigenvalue weighted by Crippen LogP contribution is 2.27. The number of carbonyl (C=O) groups is 2. The van der Waals surface area contributed by atoms with Gasteiger partial charge in [0.1, 0.15) is 0 Å². The molecule has 126 valence electrons. The maximum atomic E-state index is 12.3. The lowest BCUT2D eigenvalue weighted by Gasteiger charge is -2.26. The summed E-state index contributed by atoms with van der Waals surface area (Å²) >= 11 is 0. The first-order valence-electron chi connectivity index (χ1n) is 8.41. The molecule has 0 heterocycles. The second-order valence-electron chi connectivity index (χ2n) is 6.45. The molecule has 1 atom stereocenters. The molecule has 1 saturated carbocycles. The first kappa shape index (κ1) is 17.5. The number of hydrogen-bond donors (Lipinski definition) is 2. The van der Waals surface area contributed by atoms with E-state index < -0.39 is 6.04 Å². The Morgan fingerprint density at radius 3 is 2.52 bits per heavy atom. The highest BCUT2D eigenvalue weighted by molar-refractivity contribution is 5.95. The molecule has 1 aliphatic carbocycles. The van der Waals surface area contributed by atoms with Gasteiger partial charge in [-0.3, -0.25) is 9.59 Å². The van der Waals surface area contributed by atoms with E-state index in [-0.39, 0.29) is 18.4 Å². The molecule has 23 heavy (non-hydrogen) atoms. The monoisotopic (exact) mass is 317 g/mol. The van der Waals surface area contributed by atoms with Crippen LogP contribution < -0.4 is 11.1 Å². The van der Waals surface area contributed by atoms with Crippen molar-refractivity contribution in [1.29, 1.82) is 0 Å². The minimum absolute atomic E-state index is 0.0199. The summed E-state index contributed by atoms with van der Waals surface area (Å²) < 4.78 is 0. The highest BCUT2D eigenvalue weighted by Gasteiger charge is 2.24. The summed E-state index contributed by atoms with van der Waals surface area (Å²) in [6.45, 7) is 0.0199. The zero-order valence-corrected chi connectivity index (χ0v) is 13.8. The maximum Gasteiger partial charge on any atom is 0.243 e. The minimum Gasteiger partial charge on any atom is -0.335 e. The zero-order valence-electron chi connectivity index (χ0n) is 13.8. The van der Waals surface area contributed by atoms with Gasteiger partial charge in [0.2, 0.25) is 11.8 Å². The molecular weight excluding hydrogens is 290 g/mol. The average molecular weight is 317 g/mol. The van der Waals surface area contributed by atoms with Crippen molar-refractivity contribution < 1.29 is 9.59 Å². The van der Waals surface area contributed by atoms with Crippen LogP contribution >= 0.6 is 0 Å². The molecule has 1 aromatic carbocycles. The summed E-state index contributed by atoms with van der Waals surface area (Å²) in [6, 6.07) is 8.71. The Kier molecular flexibility index (Phi) is 6.59. The number of likely N-dealkylation sites (N-methyl/N-ethyl adjacent to an activating group) is 1. The molecule has 2 rings (SSSR count). The molecule has 0 aromatic heterocycles. The van der Waals surface area contributed by atoms with E-state index in [0.29, 0.717) is 5.92 Å². The van der Waals surface area contributed by atoms with Crippen LogP contribution in [0.1, 0.15) is 38.5 Å². The van der Waals surface area contributed by atoms with Crippen LogP contribution in [0.4, 0.5) is 5.69 Å². The quantitative estimate of drug-likeness (QED) is 0.846. The van der Waals surface area contributed by atoms with Gasteiger partial charge >= 0.3 is 0 Å². The summed E-state index contributed by atoms with van der Waals surface area (Å²) in [5.74, 6) is 0.185. The van der Waals surface area contributed by atoms with Crippen LogP contribution in [0.15, 0.2) is 30.3 Å². The van der Waals surface area contributed by atoms with Crippen molar-refractivity contribution >= 4 is 17.5 Å². The summed E-state index contributed by atoms with van der Waals surface area (Å²) in [6.07, 6.45) is 6.82. The third kappa shape index (κ3) is 5.67. The van der Waals surface area contributed by atoms with Crippen LogP contribution in [-0.4, -0.2) is 36.3 Å². The lowest BCUT2D eigenvalue weighted by atomic mass is 9.85. The van der Waals surface area contributed by atoms with Crippen molar-refractivity contribution in [3.8, 4) is 0 Å². The van der Waals surface area contributed by atoms with E-state index in [0.717, 1.165) is 12.1 Å². The number of nitrogens with one attached hydrogen (secondary N) is 1. The number of benzene rings is 1. The standard InChI is InChI=1S/C18H27N3O2/c1-21(13-17(22)20-15-10-6-3-7-11-15)18(23)16(19)12-14-8-4-2-5-9-14/h3,6-7,10-11,14,16H,2,4-5,8-9,12-13,19H2,1H3,(H,20,22). The predicted octanol–water partition coefficient (Wildman–Crippen LogP) is 2.38. The fourth-order valence-corrected chi connectivity index (χ4v) is 3.18. The van der Waals surface area contributed by atoms with Crippen LogP contribution in [0.2, 0.25) is 0 Å². The van der Waals surface area contributed by atoms with Gasteiger partial charge < -0.3 is 16.0 Å². The van der Waals surface area contributed by atoms with Crippen LogP contribution in [0, 0.1) is 5.92 Å². The summed E-state index contributed by atoms with van der Waals surface area (Å²) in [5.41, 5.74) is 6.78. The molecule has 0 aliphatic heterocycles. The Morgan fingerprint density at radius 1 is 1.22 bits per heavy atom. The molecule has 0 spiro atoms. The van der Waals surface area contributed by atoms with Gasteiger partial charge in [-0.15, -0.1) is 0 Å². The van der Waals surface area contributed by atoms with Gasteiger partial charge in [0.05, 0.1) is 12.6 Å². The number of nitrogens with zero attached hydrogens (tertiary/aromatic N) is 1. The Hall–Kier alpha value is -1.88. The smallest absolute Gasteiger partial charge is 0.243 e. The molecule has 0 bridgehead atoms. The molecule has 5 nitrogen and oxygen atoms in total. The second-order valence-corrected chi connectivity index (χ2v) is 6.45. The highest BCUT2D eigenvalue weighted by atomic mass is 16.2. The Morgan fingerprint density at radius 2 is 1.87 bits per heavy atom. The first-order chi connectivity index (χ1) is 11.1. The van der Waals surface area contributed by atoms with Crippen LogP contribution in [0.25, 0.3) is 0 Å². The SMILES string of the molecule is CN(CC(=O)Nc1ccccc1)C(=O)C(N)CC1CCCCC1. The molecule has 1 unspecified atom stereocenters. The summed E-state index contributed by atoms with van der Waals surface area (Å²) in [7, 11) is 1.63. The number of rotatable bonds is 6. The predicted molar refractivity (Wildman–Crippen MR) is 91.9 cm³/mol. The number of para-hydroxylation sites is 1. The fourth-order valence-electron chi connectivity index (χ4n) is 3.18. The van der Waals surface area contributed by atoms with Crippen molar-refractivity contribution in [1.82, 2.24) is 4.90 Å². The van der Waals surface area contributed by atoms with Gasteiger partial charge in [-0.05, 0) is 24.5 Å². The van der Waals surface area contributed by atoms with Crippen molar-refractivity contribution in [2.75, 3.05) is 18.9 Å². The number of amides is 2. The third-order valence-corrected chi connectivity index (χ3v) is 4.44. The number of hydrogen-bond acceptors (Lipinski definition) is 3. The molecule has 1 fully saturated rings. The molecule has 0 saturated heterocycles. The van der Waals surface area contributed by atoms with E-state index in [2.05, 4.69) is 5.32 Å². The first-order valence-corrected chi connectivity index (χ1v) is 8.41. The van der Waals surface area contributed by atoms with Crippen molar-refractivity contribution in [3.05, 3.63) is 30.3 Å². The topological polar surface area (TPSA) is 75.4 Å². The number of anilines is 1. The summed E-state index contributed by atoms with van der Waals surface area (Å²) in [4.78, 5) is 25.7. The molecular formula is C18H27N3O2. The minimum atomic E-state index is -0.507. The lowest BCUT2D eigenvalue weighted by molar-refractivity contribution is -0.134. The van der Waals surface area contributed by atoms with E-state index in [1.54, 1.807) is 7.05 Å². The Balaban J connectivity index is 1.78. The fraction of sp³-hybridized carbons (Fsp3) is 0.556.